The predicted molar refractivity (Wildman–Crippen MR) is 240 cm³/mol. The lowest BCUT2D eigenvalue weighted by Gasteiger charge is -2.08. The molecule has 3 N–H and O–H groups in total. The van der Waals surface area contributed by atoms with Gasteiger partial charge in [0.1, 0.15) is 0 Å². The number of benzene rings is 6. The van der Waals surface area contributed by atoms with Gasteiger partial charge in [-0.05, 0) is 97.1 Å². The molecule has 10 rings (SSSR count). The van der Waals surface area contributed by atoms with Crippen molar-refractivity contribution in [2.45, 2.75) is 7.43 Å². The first-order chi connectivity index (χ1) is 26.1. The molecule has 4 nitrogen and oxygen atoms in total. The number of pyridine rings is 2. The summed E-state index contributed by atoms with van der Waals surface area (Å²) in [7, 11) is 0. The predicted octanol–water partition coefficient (Wildman–Crippen LogP) is 14.6. The van der Waals surface area contributed by atoms with Crippen LogP contribution in [-0.2, 0) is 0 Å². The summed E-state index contributed by atoms with van der Waals surface area (Å²) in [6.45, 7) is 0. The van der Waals surface area contributed by atoms with Gasteiger partial charge in [0.05, 0.1) is 11.4 Å². The Balaban J connectivity index is 0.000000136. The minimum atomic E-state index is 0. The number of nitrogens with zero attached hydrogens (tertiary/aromatic N) is 2. The van der Waals surface area contributed by atoms with Crippen LogP contribution in [0.2, 0.25) is 0 Å². The van der Waals surface area contributed by atoms with Crippen molar-refractivity contribution in [1.29, 1.82) is 0 Å². The number of thiophene rings is 2. The van der Waals surface area contributed by atoms with Crippen molar-refractivity contribution in [2.75, 3.05) is 11.1 Å². The van der Waals surface area contributed by atoms with Crippen LogP contribution in [-0.4, -0.2) is 9.97 Å². The molecule has 0 spiro atoms. The number of hydrogen-bond donors (Lipinski definition) is 2. The molecule has 264 valence electrons. The number of hydrogen-bond acceptors (Lipinski definition) is 6. The molecular weight excluding hydrogens is 765 g/mol. The Labute approximate surface area is 331 Å². The lowest BCUT2D eigenvalue weighted by atomic mass is 10.1. The van der Waals surface area contributed by atoms with Gasteiger partial charge in [-0.25, -0.2) is 0 Å². The van der Waals surface area contributed by atoms with Crippen LogP contribution in [0.3, 0.4) is 0 Å². The molecule has 4 heterocycles. The van der Waals surface area contributed by atoms with E-state index in [0.29, 0.717) is 0 Å². The van der Waals surface area contributed by atoms with Crippen LogP contribution in [0.5, 0.6) is 0 Å². The van der Waals surface area contributed by atoms with Gasteiger partial charge in [-0.1, -0.05) is 96.2 Å². The first kappa shape index (κ1) is 36.5. The van der Waals surface area contributed by atoms with Crippen molar-refractivity contribution in [2.24, 2.45) is 0 Å². The molecule has 4 aromatic heterocycles. The van der Waals surface area contributed by atoms with E-state index in [9.17, 15) is 0 Å². The summed E-state index contributed by atoms with van der Waals surface area (Å²) in [6, 6.07) is 58.1. The Morgan fingerprint density at radius 2 is 0.907 bits per heavy atom. The molecule has 0 aliphatic carbocycles. The summed E-state index contributed by atoms with van der Waals surface area (Å²) in [5, 5.41) is 8.72. The molecule has 0 unspecified atom stereocenters. The summed E-state index contributed by atoms with van der Waals surface area (Å²) >= 11 is 7.05. The Morgan fingerprint density at radius 3 is 1.46 bits per heavy atom. The number of fused-ring (bicyclic) bond motifs is 6. The summed E-state index contributed by atoms with van der Waals surface area (Å²) < 4.78 is 6.38. The van der Waals surface area contributed by atoms with Crippen molar-refractivity contribution < 1.29 is 0 Å². The van der Waals surface area contributed by atoms with Crippen molar-refractivity contribution >= 4 is 96.0 Å². The van der Waals surface area contributed by atoms with Gasteiger partial charge in [-0.2, -0.15) is 0 Å². The van der Waals surface area contributed by atoms with Gasteiger partial charge >= 0.3 is 0 Å². The van der Waals surface area contributed by atoms with Gasteiger partial charge in [0.25, 0.3) is 0 Å². The van der Waals surface area contributed by atoms with E-state index in [1.807, 2.05) is 102 Å². The highest BCUT2D eigenvalue weighted by Gasteiger charge is 2.07. The average molecular weight is 802 g/mol. The molecule has 0 aliphatic rings. The molecule has 10 aromatic rings. The van der Waals surface area contributed by atoms with Crippen molar-refractivity contribution in [3.63, 3.8) is 0 Å². The van der Waals surface area contributed by atoms with Gasteiger partial charge in [-0.15, -0.1) is 22.7 Å². The average Bonchev–Trinajstić information content (AvgIpc) is 3.77. The lowest BCUT2D eigenvalue weighted by Crippen LogP contribution is -1.90. The highest BCUT2D eigenvalue weighted by Crippen LogP contribution is 2.36. The highest BCUT2D eigenvalue weighted by molar-refractivity contribution is 9.10. The van der Waals surface area contributed by atoms with Crippen molar-refractivity contribution in [3.8, 4) is 22.5 Å². The van der Waals surface area contributed by atoms with Crippen molar-refractivity contribution in [3.05, 3.63) is 187 Å². The van der Waals surface area contributed by atoms with Crippen LogP contribution < -0.4 is 11.1 Å². The zero-order valence-electron chi connectivity index (χ0n) is 28.5. The molecule has 0 fully saturated rings. The normalized spacial score (nSPS) is 10.6. The van der Waals surface area contributed by atoms with Crippen LogP contribution in [0.25, 0.3) is 62.9 Å². The molecule has 0 amide bonds. The van der Waals surface area contributed by atoms with Crippen LogP contribution in [0, 0.1) is 0 Å². The van der Waals surface area contributed by atoms with Crippen LogP contribution in [0.15, 0.2) is 187 Å². The van der Waals surface area contributed by atoms with Gasteiger partial charge < -0.3 is 11.1 Å². The second-order valence-electron chi connectivity index (χ2n) is 12.3. The summed E-state index contributed by atoms with van der Waals surface area (Å²) in [5.41, 5.74) is 13.1. The molecule has 7 heteroatoms. The summed E-state index contributed by atoms with van der Waals surface area (Å²) in [6.07, 6.45) is 3.62. The molecular formula is C47H37BrN4S2. The largest absolute Gasteiger partial charge is 0.399 e. The zero-order chi connectivity index (χ0) is 36.0. The maximum atomic E-state index is 5.78. The van der Waals surface area contributed by atoms with E-state index in [4.69, 9.17) is 5.73 Å². The maximum Gasteiger partial charge on any atom is 0.0701 e. The zero-order valence-corrected chi connectivity index (χ0v) is 31.7. The second kappa shape index (κ2) is 16.9. The van der Waals surface area contributed by atoms with E-state index in [2.05, 4.69) is 128 Å². The van der Waals surface area contributed by atoms with E-state index in [1.165, 1.54) is 40.3 Å². The minimum absolute atomic E-state index is 0. The smallest absolute Gasteiger partial charge is 0.0701 e. The van der Waals surface area contributed by atoms with E-state index >= 15 is 0 Å². The number of rotatable bonds is 4. The fourth-order valence-corrected chi connectivity index (χ4v) is 8.56. The molecule has 54 heavy (non-hydrogen) atoms. The monoisotopic (exact) mass is 800 g/mol. The van der Waals surface area contributed by atoms with E-state index in [-0.39, 0.29) is 7.43 Å². The number of nitrogen functional groups attached to an aromatic ring is 1. The summed E-state index contributed by atoms with van der Waals surface area (Å²) in [5.74, 6) is 0. The third kappa shape index (κ3) is 8.35. The number of nitrogens with one attached hydrogen (secondary N) is 1. The molecule has 0 bridgehead atoms. The van der Waals surface area contributed by atoms with E-state index in [1.54, 1.807) is 6.20 Å². The molecule has 0 radical (unpaired) electrons. The Hall–Kier alpha value is -5.86. The molecule has 6 aromatic carbocycles. The van der Waals surface area contributed by atoms with Crippen LogP contribution in [0.1, 0.15) is 7.43 Å². The maximum absolute atomic E-state index is 5.78. The fourth-order valence-electron chi connectivity index (χ4n) is 6.13. The molecule has 0 saturated carbocycles. The van der Waals surface area contributed by atoms with Gasteiger partial charge in [0.15, 0.2) is 0 Å². The Morgan fingerprint density at radius 1 is 0.444 bits per heavy atom. The third-order valence-electron chi connectivity index (χ3n) is 8.72. The lowest BCUT2D eigenvalue weighted by molar-refractivity contribution is 1.33. The minimum Gasteiger partial charge on any atom is -0.399 e. The molecule has 0 atom stereocenters. The molecule has 0 saturated heterocycles. The van der Waals surface area contributed by atoms with Gasteiger partial charge in [0, 0.05) is 85.4 Å². The first-order valence-corrected chi connectivity index (χ1v) is 19.5. The SMILES string of the molecule is Brc1ccc(-c2ccccn2)cc1.C.Nc1ccc2sc3ccccc3c2c1.c1ccc(-c2ccc(Nc3ccc4sc5ccccc5c4c3)cc2)nc1. The number of halogens is 1. The number of anilines is 3. The topological polar surface area (TPSA) is 63.8 Å². The molecule has 0 aliphatic heterocycles. The quantitative estimate of drug-likeness (QED) is 0.174. The number of aromatic nitrogens is 2. The van der Waals surface area contributed by atoms with Gasteiger partial charge in [0.2, 0.25) is 0 Å². The summed E-state index contributed by atoms with van der Waals surface area (Å²) in [4.78, 5) is 8.66. The van der Waals surface area contributed by atoms with E-state index < -0.39 is 0 Å². The highest BCUT2D eigenvalue weighted by atomic mass is 79.9. The van der Waals surface area contributed by atoms with Gasteiger partial charge in [-0.3, -0.25) is 9.97 Å². The Kier molecular flexibility index (Phi) is 11.4. The van der Waals surface area contributed by atoms with Crippen molar-refractivity contribution in [1.82, 2.24) is 9.97 Å². The van der Waals surface area contributed by atoms with Crippen LogP contribution in [0.4, 0.5) is 17.1 Å². The van der Waals surface area contributed by atoms with Crippen LogP contribution >= 0.6 is 38.6 Å². The second-order valence-corrected chi connectivity index (χ2v) is 15.4. The van der Waals surface area contributed by atoms with E-state index in [0.717, 1.165) is 44.0 Å². The Bertz CT molecular complexity index is 2760. The fraction of sp³-hybridized carbons (Fsp3) is 0.0213. The number of nitrogens with two attached hydrogens (primary N) is 1. The third-order valence-corrected chi connectivity index (χ3v) is 11.5. The first-order valence-electron chi connectivity index (χ1n) is 17.1. The standard InChI is InChI=1S/C23H16N2S.C12H9NS.C11H8BrN.CH4/c1-2-7-22-19(5-1)20-15-18(12-13-23(20)26-22)25-17-10-8-16(9-11-17)21-6-3-4-14-24-21;13-8-5-6-12-10(7-8)9-3-1-2-4-11(9)14-12;12-10-6-4-9(5-7-10)11-3-1-2-8-13-11;/h1-15,25H;1-7H,13H2;1-8H;1H4.